The lowest BCUT2D eigenvalue weighted by Gasteiger charge is -2.33. The lowest BCUT2D eigenvalue weighted by molar-refractivity contribution is 0.0904. The van der Waals surface area contributed by atoms with Crippen LogP contribution >= 0.6 is 11.6 Å². The molecule has 4 rings (SSSR count). The fraction of sp³-hybridized carbons (Fsp3) is 0.435. The number of aromatic nitrogens is 1. The van der Waals surface area contributed by atoms with Gasteiger partial charge in [0.15, 0.2) is 0 Å². The maximum Gasteiger partial charge on any atom is 0.410 e. The number of nitrogens with zero attached hydrogens (tertiary/aromatic N) is 2. The molecule has 0 spiro atoms. The lowest BCUT2D eigenvalue weighted by Crippen LogP contribution is -2.44. The molecular weight excluding hydrogens is 434 g/mol. The zero-order valence-electron chi connectivity index (χ0n) is 17.9. The molecule has 2 aliphatic rings. The zero-order chi connectivity index (χ0) is 22.5. The van der Waals surface area contributed by atoms with Gasteiger partial charge in [0.25, 0.3) is 5.91 Å². The number of halogens is 1. The van der Waals surface area contributed by atoms with Crippen molar-refractivity contribution < 1.29 is 23.8 Å². The Hall–Kier alpha value is -2.84. The number of methoxy groups -OCH3 is 1. The van der Waals surface area contributed by atoms with E-state index in [-0.39, 0.29) is 29.8 Å². The Balaban J connectivity index is 1.44. The molecular formula is C23H26ClN3O5. The smallest absolute Gasteiger partial charge is 0.410 e. The summed E-state index contributed by atoms with van der Waals surface area (Å²) in [5.74, 6) is 0.338. The summed E-state index contributed by atoms with van der Waals surface area (Å²) in [5.41, 5.74) is 2.10. The molecule has 2 atom stereocenters. The van der Waals surface area contributed by atoms with E-state index in [1.54, 1.807) is 36.4 Å². The first-order valence-corrected chi connectivity index (χ1v) is 11.0. The van der Waals surface area contributed by atoms with Crippen LogP contribution in [0.5, 0.6) is 5.75 Å². The average Bonchev–Trinajstić information content (AvgIpc) is 3.17. The van der Waals surface area contributed by atoms with Crippen molar-refractivity contribution in [3.05, 3.63) is 58.4 Å². The number of benzene rings is 1. The molecule has 1 aromatic carbocycles. The van der Waals surface area contributed by atoms with Crippen molar-refractivity contribution in [3.63, 3.8) is 0 Å². The number of fused-ring (bicyclic) bond motifs is 1. The summed E-state index contributed by atoms with van der Waals surface area (Å²) in [7, 11) is 1.64. The number of carbonyl (C=O) groups is 2. The molecule has 170 valence electrons. The minimum absolute atomic E-state index is 0.0349. The third-order valence-electron chi connectivity index (χ3n) is 5.71. The van der Waals surface area contributed by atoms with Crippen LogP contribution in [0.2, 0.25) is 5.02 Å². The van der Waals surface area contributed by atoms with Gasteiger partial charge in [0.05, 0.1) is 12.6 Å². The van der Waals surface area contributed by atoms with Crippen molar-refractivity contribution in [2.75, 3.05) is 26.9 Å². The third-order valence-corrected chi connectivity index (χ3v) is 5.97. The Bertz CT molecular complexity index is 969. The van der Waals surface area contributed by atoms with E-state index in [1.807, 2.05) is 12.1 Å². The van der Waals surface area contributed by atoms with Crippen LogP contribution < -0.4 is 10.1 Å². The third kappa shape index (κ3) is 5.31. The van der Waals surface area contributed by atoms with Gasteiger partial charge < -0.3 is 24.4 Å². The van der Waals surface area contributed by atoms with Crippen LogP contribution in [0.25, 0.3) is 0 Å². The molecule has 1 aromatic heterocycles. The molecule has 0 saturated carbocycles. The Morgan fingerprint density at radius 2 is 2.16 bits per heavy atom. The van der Waals surface area contributed by atoms with Gasteiger partial charge in [-0.15, -0.1) is 0 Å². The predicted molar refractivity (Wildman–Crippen MR) is 118 cm³/mol. The topological polar surface area (TPSA) is 90.0 Å². The summed E-state index contributed by atoms with van der Waals surface area (Å²) in [6, 6.07) is 9.01. The normalized spacial score (nSPS) is 19.9. The molecule has 0 unspecified atom stereocenters. The molecule has 2 amide bonds. The zero-order valence-corrected chi connectivity index (χ0v) is 18.6. The van der Waals surface area contributed by atoms with Crippen molar-refractivity contribution >= 4 is 23.6 Å². The molecule has 2 aliphatic heterocycles. The summed E-state index contributed by atoms with van der Waals surface area (Å²) in [5, 5.41) is 3.53. The predicted octanol–water partition coefficient (Wildman–Crippen LogP) is 3.22. The average molecular weight is 460 g/mol. The first-order valence-electron chi connectivity index (χ1n) is 10.6. The second-order valence-electron chi connectivity index (χ2n) is 7.92. The van der Waals surface area contributed by atoms with E-state index < -0.39 is 0 Å². The molecule has 1 N–H and O–H groups in total. The van der Waals surface area contributed by atoms with E-state index in [4.69, 9.17) is 25.8 Å². The Morgan fingerprint density at radius 1 is 1.34 bits per heavy atom. The summed E-state index contributed by atoms with van der Waals surface area (Å²) in [4.78, 5) is 30.5. The van der Waals surface area contributed by atoms with Crippen LogP contribution in [-0.4, -0.2) is 60.9 Å². The number of amides is 2. The van der Waals surface area contributed by atoms with Gasteiger partial charge in [-0.3, -0.25) is 9.78 Å². The van der Waals surface area contributed by atoms with Crippen molar-refractivity contribution in [2.24, 2.45) is 0 Å². The van der Waals surface area contributed by atoms with Crippen LogP contribution in [0.1, 0.15) is 34.5 Å². The second-order valence-corrected chi connectivity index (χ2v) is 8.35. The number of rotatable bonds is 8. The van der Waals surface area contributed by atoms with Crippen LogP contribution in [0.15, 0.2) is 36.5 Å². The van der Waals surface area contributed by atoms with Gasteiger partial charge in [-0.05, 0) is 17.7 Å². The summed E-state index contributed by atoms with van der Waals surface area (Å²) in [6.45, 7) is 1.88. The standard InChI is InChI=1S/C23H26ClN3O5/c1-30-9-7-16-13-25-20(22(28)26-12-15-2-4-17(24)5-3-15)11-21(16)32-19-6-8-27-18(10-19)14-31-23(27)29/h2-5,11,13,18-19H,6-10,12,14H2,1H3,(H,26,28)/t18-,19-/m0/s1. The van der Waals surface area contributed by atoms with Crippen LogP contribution in [0, 0.1) is 0 Å². The summed E-state index contributed by atoms with van der Waals surface area (Å²) >= 11 is 5.91. The van der Waals surface area contributed by atoms with Crippen molar-refractivity contribution in [1.82, 2.24) is 15.2 Å². The first-order chi connectivity index (χ1) is 15.5. The van der Waals surface area contributed by atoms with Gasteiger partial charge in [-0.1, -0.05) is 23.7 Å². The minimum atomic E-state index is -0.285. The SMILES string of the molecule is COCCc1cnc(C(=O)NCc2ccc(Cl)cc2)cc1O[C@H]1CCN2C(=O)OC[C@@H]2C1. The molecule has 0 aliphatic carbocycles. The van der Waals surface area contributed by atoms with Crippen molar-refractivity contribution in [2.45, 2.75) is 38.0 Å². The van der Waals surface area contributed by atoms with Gasteiger partial charge in [0.2, 0.25) is 0 Å². The number of pyridine rings is 1. The Morgan fingerprint density at radius 3 is 2.94 bits per heavy atom. The van der Waals surface area contributed by atoms with E-state index in [2.05, 4.69) is 10.3 Å². The van der Waals surface area contributed by atoms with Gasteiger partial charge in [-0.25, -0.2) is 4.79 Å². The van der Waals surface area contributed by atoms with Crippen molar-refractivity contribution in [1.29, 1.82) is 0 Å². The highest BCUT2D eigenvalue weighted by Crippen LogP contribution is 2.29. The number of piperidine rings is 1. The highest BCUT2D eigenvalue weighted by Gasteiger charge is 2.39. The number of nitrogens with one attached hydrogen (secondary N) is 1. The van der Waals surface area contributed by atoms with Crippen LogP contribution in [0.3, 0.4) is 0 Å². The van der Waals surface area contributed by atoms with Crippen LogP contribution in [-0.2, 0) is 22.4 Å². The minimum Gasteiger partial charge on any atom is -0.490 e. The molecule has 2 aromatic rings. The van der Waals surface area contributed by atoms with E-state index in [0.717, 1.165) is 11.1 Å². The number of hydrogen-bond acceptors (Lipinski definition) is 6. The molecule has 0 bridgehead atoms. The van der Waals surface area contributed by atoms with E-state index in [9.17, 15) is 9.59 Å². The Labute approximate surface area is 191 Å². The largest absolute Gasteiger partial charge is 0.490 e. The summed E-state index contributed by atoms with van der Waals surface area (Å²) in [6.07, 6.45) is 3.36. The lowest BCUT2D eigenvalue weighted by atomic mass is 10.0. The Kier molecular flexibility index (Phi) is 7.12. The monoisotopic (exact) mass is 459 g/mol. The van der Waals surface area contributed by atoms with E-state index in [1.165, 1.54) is 0 Å². The molecule has 32 heavy (non-hydrogen) atoms. The highest BCUT2D eigenvalue weighted by atomic mass is 35.5. The fourth-order valence-electron chi connectivity index (χ4n) is 3.92. The molecule has 9 heteroatoms. The maximum atomic E-state index is 12.7. The maximum absolute atomic E-state index is 12.7. The van der Waals surface area contributed by atoms with E-state index in [0.29, 0.717) is 56.3 Å². The molecule has 3 heterocycles. The number of cyclic esters (lactones) is 1. The van der Waals surface area contributed by atoms with Crippen LogP contribution in [0.4, 0.5) is 4.79 Å². The van der Waals surface area contributed by atoms with Gasteiger partial charge in [0, 0.05) is 62.3 Å². The number of hydrogen-bond donors (Lipinski definition) is 1. The highest BCUT2D eigenvalue weighted by molar-refractivity contribution is 6.30. The fourth-order valence-corrected chi connectivity index (χ4v) is 4.05. The number of carbonyl (C=O) groups excluding carboxylic acids is 2. The van der Waals surface area contributed by atoms with Crippen molar-refractivity contribution in [3.8, 4) is 5.75 Å². The molecule has 2 fully saturated rings. The number of ether oxygens (including phenoxy) is 3. The van der Waals surface area contributed by atoms with Gasteiger partial charge >= 0.3 is 6.09 Å². The molecule has 8 nitrogen and oxygen atoms in total. The summed E-state index contributed by atoms with van der Waals surface area (Å²) < 4.78 is 16.7. The van der Waals surface area contributed by atoms with Gasteiger partial charge in [0.1, 0.15) is 24.2 Å². The quantitative estimate of drug-likeness (QED) is 0.652. The molecule has 0 radical (unpaired) electrons. The molecule has 2 saturated heterocycles. The second kappa shape index (κ2) is 10.2. The first kappa shape index (κ1) is 22.4. The van der Waals surface area contributed by atoms with Gasteiger partial charge in [-0.2, -0.15) is 0 Å². The van der Waals surface area contributed by atoms with E-state index >= 15 is 0 Å².